The zero-order valence-electron chi connectivity index (χ0n) is 13.3. The lowest BCUT2D eigenvalue weighted by molar-refractivity contribution is -0.138. The van der Waals surface area contributed by atoms with Gasteiger partial charge in [-0.1, -0.05) is 13.5 Å². The van der Waals surface area contributed by atoms with Gasteiger partial charge >= 0.3 is 19.6 Å². The summed E-state index contributed by atoms with van der Waals surface area (Å²) in [6, 6.07) is -0.519. The van der Waals surface area contributed by atoms with Crippen LogP contribution in [0.3, 0.4) is 0 Å². The van der Waals surface area contributed by atoms with Gasteiger partial charge in [0.2, 0.25) is 0 Å². The third kappa shape index (κ3) is 10.4. The first kappa shape index (κ1) is 20.6. The molecule has 0 aromatic carbocycles. The molecule has 0 fully saturated rings. The van der Waals surface area contributed by atoms with Crippen LogP contribution in [0.1, 0.15) is 27.2 Å². The lowest BCUT2D eigenvalue weighted by Crippen LogP contribution is -2.38. The number of urea groups is 1. The molecule has 0 rings (SSSR count). The fourth-order valence-corrected chi connectivity index (χ4v) is 2.42. The summed E-state index contributed by atoms with van der Waals surface area (Å²) >= 11 is 0. The minimum atomic E-state index is -3.70. The Balaban J connectivity index is 3.80. The maximum atomic E-state index is 11.7. The minimum Gasteiger partial charge on any atom is -0.460 e. The zero-order valence-corrected chi connectivity index (χ0v) is 14.2. The van der Waals surface area contributed by atoms with E-state index < -0.39 is 19.6 Å². The van der Waals surface area contributed by atoms with E-state index in [1.165, 1.54) is 6.92 Å². The van der Waals surface area contributed by atoms with Crippen LogP contribution in [0.4, 0.5) is 4.79 Å². The second kappa shape index (κ2) is 10.4. The first-order valence-corrected chi connectivity index (χ1v) is 8.78. The van der Waals surface area contributed by atoms with Crippen LogP contribution in [0.5, 0.6) is 0 Å². The predicted octanol–water partition coefficient (Wildman–Crippen LogP) is 1.41. The van der Waals surface area contributed by atoms with Crippen LogP contribution in [-0.4, -0.2) is 48.9 Å². The molecule has 0 aliphatic carbocycles. The van der Waals surface area contributed by atoms with Crippen molar-refractivity contribution in [1.29, 1.82) is 0 Å². The molecular weight excluding hydrogens is 311 g/mol. The molecular formula is C13H25N2O6P. The van der Waals surface area contributed by atoms with Crippen LogP contribution < -0.4 is 10.6 Å². The number of rotatable bonds is 10. The van der Waals surface area contributed by atoms with E-state index in [4.69, 9.17) is 9.26 Å². The summed E-state index contributed by atoms with van der Waals surface area (Å²) in [7, 11) is -3.70. The zero-order chi connectivity index (χ0) is 17.2. The van der Waals surface area contributed by atoms with Crippen molar-refractivity contribution >= 4 is 19.6 Å². The Bertz CT molecular complexity index is 440. The SMILES string of the molecule is C=C(C)C(=O)OCCNC(=O)NCCP(=O)(O)OC(C)CC. The van der Waals surface area contributed by atoms with Gasteiger partial charge in [0.25, 0.3) is 0 Å². The molecule has 9 heteroatoms. The van der Waals surface area contributed by atoms with Gasteiger partial charge in [-0.2, -0.15) is 0 Å². The van der Waals surface area contributed by atoms with Crippen molar-refractivity contribution in [2.24, 2.45) is 0 Å². The number of amides is 2. The molecule has 0 spiro atoms. The molecule has 2 amide bonds. The molecule has 8 nitrogen and oxygen atoms in total. The maximum absolute atomic E-state index is 11.7. The highest BCUT2D eigenvalue weighted by Gasteiger charge is 2.21. The molecule has 0 heterocycles. The molecule has 3 N–H and O–H groups in total. The van der Waals surface area contributed by atoms with Crippen molar-refractivity contribution < 1.29 is 28.3 Å². The fourth-order valence-electron chi connectivity index (χ4n) is 1.21. The topological polar surface area (TPSA) is 114 Å². The van der Waals surface area contributed by atoms with Gasteiger partial charge in [-0.3, -0.25) is 4.57 Å². The van der Waals surface area contributed by atoms with Crippen LogP contribution in [0.15, 0.2) is 12.2 Å². The fraction of sp³-hybridized carbons (Fsp3) is 0.692. The van der Waals surface area contributed by atoms with Crippen LogP contribution in [0, 0.1) is 0 Å². The molecule has 2 unspecified atom stereocenters. The van der Waals surface area contributed by atoms with Crippen LogP contribution in [0.25, 0.3) is 0 Å². The smallest absolute Gasteiger partial charge is 0.333 e. The summed E-state index contributed by atoms with van der Waals surface area (Å²) in [5.41, 5.74) is 0.282. The summed E-state index contributed by atoms with van der Waals surface area (Å²) in [5.74, 6) is -0.523. The van der Waals surface area contributed by atoms with E-state index >= 15 is 0 Å². The number of esters is 1. The van der Waals surface area contributed by atoms with E-state index in [1.54, 1.807) is 6.92 Å². The van der Waals surface area contributed by atoms with E-state index in [0.717, 1.165) is 0 Å². The molecule has 0 bridgehead atoms. The molecule has 0 saturated heterocycles. The highest BCUT2D eigenvalue weighted by molar-refractivity contribution is 7.52. The van der Waals surface area contributed by atoms with Crippen molar-refractivity contribution in [1.82, 2.24) is 10.6 Å². The van der Waals surface area contributed by atoms with Gasteiger partial charge in [0.15, 0.2) is 0 Å². The normalized spacial score (nSPS) is 14.5. The maximum Gasteiger partial charge on any atom is 0.333 e. The minimum absolute atomic E-state index is 0.00159. The Hall–Kier alpha value is -1.37. The molecule has 22 heavy (non-hydrogen) atoms. The van der Waals surface area contributed by atoms with Crippen molar-refractivity contribution in [2.45, 2.75) is 33.3 Å². The monoisotopic (exact) mass is 336 g/mol. The summed E-state index contributed by atoms with van der Waals surface area (Å²) in [5, 5.41) is 4.87. The van der Waals surface area contributed by atoms with Crippen LogP contribution >= 0.6 is 7.60 Å². The Labute approximate surface area is 130 Å². The second-order valence-electron chi connectivity index (χ2n) is 4.78. The Kier molecular flexibility index (Phi) is 9.73. The molecule has 0 radical (unpaired) electrons. The largest absolute Gasteiger partial charge is 0.460 e. The van der Waals surface area contributed by atoms with Crippen LogP contribution in [0.2, 0.25) is 0 Å². The number of hydrogen-bond acceptors (Lipinski definition) is 5. The summed E-state index contributed by atoms with van der Waals surface area (Å²) in [6.07, 6.45) is 0.143. The molecule has 2 atom stereocenters. The highest BCUT2D eigenvalue weighted by Crippen LogP contribution is 2.42. The Morgan fingerprint density at radius 2 is 1.91 bits per heavy atom. The second-order valence-corrected chi connectivity index (χ2v) is 6.72. The van der Waals surface area contributed by atoms with Gasteiger partial charge in [-0.05, 0) is 20.3 Å². The number of nitrogens with one attached hydrogen (secondary N) is 2. The predicted molar refractivity (Wildman–Crippen MR) is 82.7 cm³/mol. The van der Waals surface area contributed by atoms with Crippen LogP contribution in [-0.2, 0) is 18.6 Å². The van der Waals surface area contributed by atoms with Crippen molar-refractivity contribution in [3.05, 3.63) is 12.2 Å². The quantitative estimate of drug-likeness (QED) is 0.240. The van der Waals surface area contributed by atoms with Gasteiger partial charge in [0, 0.05) is 12.1 Å². The number of carbonyl (C=O) groups excluding carboxylic acids is 2. The Morgan fingerprint density at radius 1 is 1.32 bits per heavy atom. The molecule has 128 valence electrons. The number of ether oxygens (including phenoxy) is 1. The van der Waals surface area contributed by atoms with E-state index in [-0.39, 0.29) is 37.5 Å². The standard InChI is InChI=1S/C13H25N2O6P/c1-5-11(4)21-22(18,19)9-7-15-13(17)14-6-8-20-12(16)10(2)3/h11H,2,5-9H2,1,3-4H3,(H,18,19)(H2,14,15,17). The number of hydrogen-bond donors (Lipinski definition) is 3. The van der Waals surface area contributed by atoms with Gasteiger partial charge in [-0.15, -0.1) is 0 Å². The summed E-state index contributed by atoms with van der Waals surface area (Å²) in [6.45, 7) is 8.65. The lowest BCUT2D eigenvalue weighted by Gasteiger charge is -2.16. The van der Waals surface area contributed by atoms with E-state index in [2.05, 4.69) is 17.2 Å². The molecule has 0 aromatic rings. The first-order chi connectivity index (χ1) is 10.2. The third-order valence-electron chi connectivity index (χ3n) is 2.57. The van der Waals surface area contributed by atoms with Gasteiger partial charge in [0.05, 0.1) is 18.8 Å². The van der Waals surface area contributed by atoms with Crippen molar-refractivity contribution in [3.8, 4) is 0 Å². The van der Waals surface area contributed by atoms with E-state index in [9.17, 15) is 19.0 Å². The Morgan fingerprint density at radius 3 is 2.45 bits per heavy atom. The summed E-state index contributed by atoms with van der Waals surface area (Å²) in [4.78, 5) is 32.0. The van der Waals surface area contributed by atoms with E-state index in [1.807, 2.05) is 6.92 Å². The third-order valence-corrected chi connectivity index (χ3v) is 4.05. The molecule has 0 aliphatic heterocycles. The lowest BCUT2D eigenvalue weighted by atomic mass is 10.3. The van der Waals surface area contributed by atoms with Crippen molar-refractivity contribution in [3.63, 3.8) is 0 Å². The summed E-state index contributed by atoms with van der Waals surface area (Å²) < 4.78 is 21.4. The first-order valence-electron chi connectivity index (χ1n) is 7.02. The molecule has 0 aliphatic rings. The van der Waals surface area contributed by atoms with Gasteiger partial charge < -0.3 is 24.8 Å². The van der Waals surface area contributed by atoms with E-state index in [0.29, 0.717) is 6.42 Å². The van der Waals surface area contributed by atoms with Gasteiger partial charge in [-0.25, -0.2) is 9.59 Å². The van der Waals surface area contributed by atoms with Gasteiger partial charge in [0.1, 0.15) is 6.61 Å². The number of carbonyl (C=O) groups is 2. The average Bonchev–Trinajstić information content (AvgIpc) is 2.42. The molecule has 0 saturated carbocycles. The molecule has 0 aromatic heterocycles. The highest BCUT2D eigenvalue weighted by atomic mass is 31.2. The van der Waals surface area contributed by atoms with Crippen molar-refractivity contribution in [2.75, 3.05) is 25.9 Å². The average molecular weight is 336 g/mol.